The number of nitrogens with zero attached hydrogens (tertiary/aromatic N) is 1. The molecule has 0 N–H and O–H groups in total. The molecule has 0 radical (unpaired) electrons. The molecule has 0 aromatic carbocycles. The Labute approximate surface area is 80.6 Å². The molecular formula is C11H19NO. The Bertz CT molecular complexity index is 175. The summed E-state index contributed by atoms with van der Waals surface area (Å²) < 4.78 is 5.35. The molecule has 0 aromatic heterocycles. The minimum atomic E-state index is 0.814. The average Bonchev–Trinajstić information content (AvgIpc) is 2.20. The molecule has 1 heterocycles. The van der Waals surface area contributed by atoms with Crippen molar-refractivity contribution in [3.63, 3.8) is 0 Å². The van der Waals surface area contributed by atoms with Crippen LogP contribution in [-0.2, 0) is 4.74 Å². The van der Waals surface area contributed by atoms with Crippen LogP contribution in [0.15, 0.2) is 12.2 Å². The van der Waals surface area contributed by atoms with Gasteiger partial charge in [-0.15, -0.1) is 0 Å². The van der Waals surface area contributed by atoms with Crippen LogP contribution in [0.4, 0.5) is 0 Å². The molecule has 1 aliphatic heterocycles. The zero-order chi connectivity index (χ0) is 9.10. The predicted molar refractivity (Wildman–Crippen MR) is 53.8 cm³/mol. The van der Waals surface area contributed by atoms with E-state index >= 15 is 0 Å². The van der Waals surface area contributed by atoms with E-state index in [4.69, 9.17) is 4.74 Å². The van der Waals surface area contributed by atoms with Crippen molar-refractivity contribution >= 4 is 0 Å². The third kappa shape index (κ3) is 2.32. The van der Waals surface area contributed by atoms with Crippen LogP contribution in [0.3, 0.4) is 0 Å². The molecule has 0 atom stereocenters. The van der Waals surface area contributed by atoms with Crippen molar-refractivity contribution in [1.82, 2.24) is 4.90 Å². The van der Waals surface area contributed by atoms with Gasteiger partial charge in [-0.3, -0.25) is 4.90 Å². The summed E-state index contributed by atoms with van der Waals surface area (Å²) in [5, 5.41) is 0. The van der Waals surface area contributed by atoms with E-state index < -0.39 is 0 Å². The van der Waals surface area contributed by atoms with Gasteiger partial charge < -0.3 is 4.74 Å². The molecule has 13 heavy (non-hydrogen) atoms. The van der Waals surface area contributed by atoms with Crippen LogP contribution in [0.5, 0.6) is 0 Å². The van der Waals surface area contributed by atoms with Gasteiger partial charge in [0.15, 0.2) is 0 Å². The van der Waals surface area contributed by atoms with Crippen molar-refractivity contribution in [1.29, 1.82) is 0 Å². The van der Waals surface area contributed by atoms with Gasteiger partial charge in [0.1, 0.15) is 0 Å². The Kier molecular flexibility index (Phi) is 3.01. The van der Waals surface area contributed by atoms with Gasteiger partial charge in [0.2, 0.25) is 0 Å². The summed E-state index contributed by atoms with van der Waals surface area (Å²) in [5.74, 6) is 0. The standard InChI is InChI=1S/C11H19NO/c1-10-2-4-11(5-3-10)12-6-8-13-9-7-12/h11H,1-9H2. The summed E-state index contributed by atoms with van der Waals surface area (Å²) in [6.45, 7) is 8.18. The third-order valence-electron chi connectivity index (χ3n) is 3.22. The van der Waals surface area contributed by atoms with Crippen LogP contribution >= 0.6 is 0 Å². The minimum Gasteiger partial charge on any atom is -0.379 e. The molecule has 1 saturated carbocycles. The van der Waals surface area contributed by atoms with Crippen molar-refractivity contribution in [2.24, 2.45) is 0 Å². The first-order valence-corrected chi connectivity index (χ1v) is 5.35. The van der Waals surface area contributed by atoms with Gasteiger partial charge in [-0.25, -0.2) is 0 Å². The molecule has 0 aromatic rings. The van der Waals surface area contributed by atoms with E-state index in [-0.39, 0.29) is 0 Å². The summed E-state index contributed by atoms with van der Waals surface area (Å²) in [6.07, 6.45) is 5.11. The fourth-order valence-electron chi connectivity index (χ4n) is 2.32. The van der Waals surface area contributed by atoms with Crippen LogP contribution in [0.25, 0.3) is 0 Å². The first-order valence-electron chi connectivity index (χ1n) is 5.35. The monoisotopic (exact) mass is 181 g/mol. The van der Waals surface area contributed by atoms with Crippen molar-refractivity contribution in [3.8, 4) is 0 Å². The lowest BCUT2D eigenvalue weighted by atomic mass is 9.91. The van der Waals surface area contributed by atoms with Crippen LogP contribution < -0.4 is 0 Å². The zero-order valence-corrected chi connectivity index (χ0v) is 8.30. The van der Waals surface area contributed by atoms with Gasteiger partial charge in [0.05, 0.1) is 13.2 Å². The maximum absolute atomic E-state index is 5.35. The van der Waals surface area contributed by atoms with E-state index in [0.717, 1.165) is 32.3 Å². The van der Waals surface area contributed by atoms with Gasteiger partial charge in [0, 0.05) is 19.1 Å². The minimum absolute atomic E-state index is 0.814. The van der Waals surface area contributed by atoms with E-state index in [0.29, 0.717) is 0 Å². The van der Waals surface area contributed by atoms with Crippen LogP contribution in [-0.4, -0.2) is 37.2 Å². The third-order valence-corrected chi connectivity index (χ3v) is 3.22. The molecule has 2 heteroatoms. The van der Waals surface area contributed by atoms with Crippen molar-refractivity contribution in [3.05, 3.63) is 12.2 Å². The number of hydrogen-bond acceptors (Lipinski definition) is 2. The maximum atomic E-state index is 5.35. The highest BCUT2D eigenvalue weighted by Gasteiger charge is 2.23. The van der Waals surface area contributed by atoms with E-state index in [1.807, 2.05) is 0 Å². The zero-order valence-electron chi connectivity index (χ0n) is 8.30. The highest BCUT2D eigenvalue weighted by molar-refractivity contribution is 5.00. The van der Waals surface area contributed by atoms with Gasteiger partial charge >= 0.3 is 0 Å². The van der Waals surface area contributed by atoms with E-state index in [2.05, 4.69) is 11.5 Å². The second-order valence-corrected chi connectivity index (χ2v) is 4.13. The second kappa shape index (κ2) is 4.25. The molecule has 0 amide bonds. The Hall–Kier alpha value is -0.340. The van der Waals surface area contributed by atoms with Gasteiger partial charge in [0.25, 0.3) is 0 Å². The van der Waals surface area contributed by atoms with E-state index in [9.17, 15) is 0 Å². The normalized spacial score (nSPS) is 27.8. The summed E-state index contributed by atoms with van der Waals surface area (Å²) >= 11 is 0. The van der Waals surface area contributed by atoms with Gasteiger partial charge in [-0.2, -0.15) is 0 Å². The summed E-state index contributed by atoms with van der Waals surface area (Å²) in [5.41, 5.74) is 1.45. The maximum Gasteiger partial charge on any atom is 0.0594 e. The lowest BCUT2D eigenvalue weighted by Crippen LogP contribution is -2.44. The SMILES string of the molecule is C=C1CCC(N2CCOCC2)CC1. The molecular weight excluding hydrogens is 162 g/mol. The molecule has 2 aliphatic rings. The van der Waals surface area contributed by atoms with Crippen molar-refractivity contribution in [2.45, 2.75) is 31.7 Å². The van der Waals surface area contributed by atoms with Gasteiger partial charge in [-0.1, -0.05) is 12.2 Å². The number of hydrogen-bond donors (Lipinski definition) is 0. The van der Waals surface area contributed by atoms with Crippen molar-refractivity contribution < 1.29 is 4.74 Å². The molecule has 0 spiro atoms. The molecule has 2 nitrogen and oxygen atoms in total. The Morgan fingerprint density at radius 3 is 2.38 bits per heavy atom. The second-order valence-electron chi connectivity index (χ2n) is 4.13. The van der Waals surface area contributed by atoms with Crippen LogP contribution in [0.2, 0.25) is 0 Å². The molecule has 74 valence electrons. The van der Waals surface area contributed by atoms with Crippen molar-refractivity contribution in [2.75, 3.05) is 26.3 Å². The lowest BCUT2D eigenvalue weighted by Gasteiger charge is -2.37. The lowest BCUT2D eigenvalue weighted by molar-refractivity contribution is 0.0110. The smallest absolute Gasteiger partial charge is 0.0594 e. The number of ether oxygens (including phenoxy) is 1. The molecule has 1 saturated heterocycles. The fraction of sp³-hybridized carbons (Fsp3) is 0.818. The number of rotatable bonds is 1. The summed E-state index contributed by atoms with van der Waals surface area (Å²) in [6, 6.07) is 0.814. The van der Waals surface area contributed by atoms with Crippen LogP contribution in [0.1, 0.15) is 25.7 Å². The number of morpholine rings is 1. The van der Waals surface area contributed by atoms with E-state index in [1.54, 1.807) is 0 Å². The first kappa shape index (κ1) is 9.22. The molecule has 0 unspecified atom stereocenters. The summed E-state index contributed by atoms with van der Waals surface area (Å²) in [7, 11) is 0. The van der Waals surface area contributed by atoms with Gasteiger partial charge in [-0.05, 0) is 25.7 Å². The molecule has 1 aliphatic carbocycles. The topological polar surface area (TPSA) is 12.5 Å². The fourth-order valence-corrected chi connectivity index (χ4v) is 2.32. The quantitative estimate of drug-likeness (QED) is 0.572. The Morgan fingerprint density at radius 1 is 1.15 bits per heavy atom. The largest absolute Gasteiger partial charge is 0.379 e. The highest BCUT2D eigenvalue weighted by Crippen LogP contribution is 2.26. The summed E-state index contributed by atoms with van der Waals surface area (Å²) in [4.78, 5) is 2.59. The highest BCUT2D eigenvalue weighted by atomic mass is 16.5. The predicted octanol–water partition coefficient (Wildman–Crippen LogP) is 1.82. The Balaban J connectivity index is 1.82. The van der Waals surface area contributed by atoms with E-state index in [1.165, 1.54) is 31.3 Å². The Morgan fingerprint density at radius 2 is 1.77 bits per heavy atom. The first-order chi connectivity index (χ1) is 6.36. The average molecular weight is 181 g/mol. The van der Waals surface area contributed by atoms with Crippen LogP contribution in [0, 0.1) is 0 Å². The molecule has 0 bridgehead atoms. The molecule has 2 fully saturated rings. The number of allylic oxidation sites excluding steroid dienone is 1. The molecule has 2 rings (SSSR count).